The van der Waals surface area contributed by atoms with E-state index < -0.39 is 0 Å². The van der Waals surface area contributed by atoms with E-state index in [-0.39, 0.29) is 5.41 Å². The van der Waals surface area contributed by atoms with Crippen molar-refractivity contribution in [3.63, 3.8) is 0 Å². The normalized spacial score (nSPS) is 24.8. The first-order chi connectivity index (χ1) is 10.0. The smallest absolute Gasteiger partial charge is 0.00977 e. The van der Waals surface area contributed by atoms with Gasteiger partial charge in [0.05, 0.1) is 0 Å². The molecule has 1 N–H and O–H groups in total. The van der Waals surface area contributed by atoms with Crippen LogP contribution in [-0.4, -0.2) is 12.1 Å². The summed E-state index contributed by atoms with van der Waals surface area (Å²) in [5, 5.41) is 3.95. The molecule has 0 spiro atoms. The molecule has 2 rings (SSSR count). The number of hydrogen-bond acceptors (Lipinski definition) is 1. The van der Waals surface area contributed by atoms with Crippen molar-refractivity contribution in [3.05, 3.63) is 35.9 Å². The monoisotopic (exact) mass is 287 g/mol. The fraction of sp³-hybridized carbons (Fsp3) is 0.700. The Morgan fingerprint density at radius 2 is 1.81 bits per heavy atom. The van der Waals surface area contributed by atoms with Gasteiger partial charge in [0.25, 0.3) is 0 Å². The predicted molar refractivity (Wildman–Crippen MR) is 92.7 cm³/mol. The van der Waals surface area contributed by atoms with Gasteiger partial charge >= 0.3 is 0 Å². The van der Waals surface area contributed by atoms with E-state index in [0.29, 0.717) is 6.04 Å². The molecule has 0 saturated heterocycles. The Labute approximate surface area is 131 Å². The van der Waals surface area contributed by atoms with Gasteiger partial charge in [0, 0.05) is 12.1 Å². The zero-order valence-electron chi connectivity index (χ0n) is 14.4. The Kier molecular flexibility index (Phi) is 5.87. The van der Waals surface area contributed by atoms with E-state index >= 15 is 0 Å². The van der Waals surface area contributed by atoms with Crippen molar-refractivity contribution in [2.75, 3.05) is 0 Å². The predicted octanol–water partition coefficient (Wildman–Crippen LogP) is 5.30. The van der Waals surface area contributed by atoms with Crippen molar-refractivity contribution in [2.24, 2.45) is 5.92 Å². The molecule has 1 heteroatoms. The van der Waals surface area contributed by atoms with Crippen molar-refractivity contribution in [1.82, 2.24) is 5.32 Å². The second-order valence-electron chi connectivity index (χ2n) is 7.58. The molecule has 0 aliphatic heterocycles. The quantitative estimate of drug-likeness (QED) is 0.748. The van der Waals surface area contributed by atoms with Crippen LogP contribution >= 0.6 is 0 Å². The lowest BCUT2D eigenvalue weighted by molar-refractivity contribution is 0.227. The van der Waals surface area contributed by atoms with Gasteiger partial charge in [0.1, 0.15) is 0 Å². The van der Waals surface area contributed by atoms with E-state index in [1.165, 1.54) is 44.1 Å². The molecule has 0 radical (unpaired) electrons. The summed E-state index contributed by atoms with van der Waals surface area (Å²) in [4.78, 5) is 0. The van der Waals surface area contributed by atoms with Gasteiger partial charge in [-0.1, -0.05) is 70.4 Å². The highest BCUT2D eigenvalue weighted by molar-refractivity contribution is 5.23. The SMILES string of the molecule is CCC1CCCCC1NC(C)CC(C)(C)c1ccccc1. The van der Waals surface area contributed by atoms with E-state index in [1.807, 2.05) is 0 Å². The molecule has 1 fully saturated rings. The Morgan fingerprint density at radius 1 is 1.14 bits per heavy atom. The lowest BCUT2D eigenvalue weighted by Gasteiger charge is -2.36. The van der Waals surface area contributed by atoms with Crippen LogP contribution < -0.4 is 5.32 Å². The van der Waals surface area contributed by atoms with Crippen molar-refractivity contribution in [3.8, 4) is 0 Å². The third kappa shape index (κ3) is 4.57. The second kappa shape index (κ2) is 7.45. The van der Waals surface area contributed by atoms with Crippen molar-refractivity contribution >= 4 is 0 Å². The minimum absolute atomic E-state index is 0.240. The number of hydrogen-bond donors (Lipinski definition) is 1. The van der Waals surface area contributed by atoms with Gasteiger partial charge in [-0.15, -0.1) is 0 Å². The molecule has 1 saturated carbocycles. The van der Waals surface area contributed by atoms with Crippen LogP contribution in [0.2, 0.25) is 0 Å². The van der Waals surface area contributed by atoms with Crippen LogP contribution in [-0.2, 0) is 5.41 Å². The summed E-state index contributed by atoms with van der Waals surface area (Å²) >= 11 is 0. The summed E-state index contributed by atoms with van der Waals surface area (Å²) in [7, 11) is 0. The first-order valence-corrected chi connectivity index (χ1v) is 8.84. The first kappa shape index (κ1) is 16.5. The fourth-order valence-electron chi connectivity index (χ4n) is 4.11. The Morgan fingerprint density at radius 3 is 2.48 bits per heavy atom. The summed E-state index contributed by atoms with van der Waals surface area (Å²) in [5.41, 5.74) is 1.69. The van der Waals surface area contributed by atoms with Gasteiger partial charge in [0.15, 0.2) is 0 Å². The minimum Gasteiger partial charge on any atom is -0.311 e. The highest BCUT2D eigenvalue weighted by Gasteiger charge is 2.28. The van der Waals surface area contributed by atoms with Crippen LogP contribution in [0.15, 0.2) is 30.3 Å². The number of rotatable bonds is 6. The largest absolute Gasteiger partial charge is 0.311 e. The topological polar surface area (TPSA) is 12.0 Å². The van der Waals surface area contributed by atoms with Crippen molar-refractivity contribution in [1.29, 1.82) is 0 Å². The average molecular weight is 287 g/mol. The standard InChI is InChI=1S/C20H33N/c1-5-17-11-9-10-14-19(17)21-16(2)15-20(3,4)18-12-7-6-8-13-18/h6-8,12-13,16-17,19,21H,5,9-11,14-15H2,1-4H3. The van der Waals surface area contributed by atoms with Crippen LogP contribution in [0.5, 0.6) is 0 Å². The summed E-state index contributed by atoms with van der Waals surface area (Å²) in [6.45, 7) is 9.46. The summed E-state index contributed by atoms with van der Waals surface area (Å²) in [6, 6.07) is 12.3. The lowest BCUT2D eigenvalue weighted by atomic mass is 9.78. The van der Waals surface area contributed by atoms with E-state index in [4.69, 9.17) is 0 Å². The molecular weight excluding hydrogens is 254 g/mol. The van der Waals surface area contributed by atoms with Gasteiger partial charge < -0.3 is 5.32 Å². The fourth-order valence-corrected chi connectivity index (χ4v) is 4.11. The molecule has 1 aromatic carbocycles. The highest BCUT2D eigenvalue weighted by Crippen LogP contribution is 2.31. The number of benzene rings is 1. The maximum absolute atomic E-state index is 3.95. The summed E-state index contributed by atoms with van der Waals surface area (Å²) < 4.78 is 0. The second-order valence-corrected chi connectivity index (χ2v) is 7.58. The zero-order chi connectivity index (χ0) is 15.3. The molecule has 3 atom stereocenters. The van der Waals surface area contributed by atoms with Crippen LogP contribution in [0.1, 0.15) is 71.8 Å². The number of nitrogens with one attached hydrogen (secondary N) is 1. The lowest BCUT2D eigenvalue weighted by Crippen LogP contribution is -2.45. The van der Waals surface area contributed by atoms with Gasteiger partial charge in [-0.3, -0.25) is 0 Å². The Hall–Kier alpha value is -0.820. The minimum atomic E-state index is 0.240. The van der Waals surface area contributed by atoms with E-state index in [9.17, 15) is 0 Å². The molecular formula is C20H33N. The van der Waals surface area contributed by atoms with Crippen LogP contribution in [0.4, 0.5) is 0 Å². The molecule has 1 nitrogen and oxygen atoms in total. The maximum Gasteiger partial charge on any atom is 0.00977 e. The maximum atomic E-state index is 3.95. The first-order valence-electron chi connectivity index (χ1n) is 8.84. The van der Waals surface area contributed by atoms with E-state index in [0.717, 1.165) is 12.0 Å². The zero-order valence-corrected chi connectivity index (χ0v) is 14.4. The molecule has 21 heavy (non-hydrogen) atoms. The molecule has 1 aromatic rings. The van der Waals surface area contributed by atoms with Crippen LogP contribution in [0.3, 0.4) is 0 Å². The van der Waals surface area contributed by atoms with Gasteiger partial charge in [-0.25, -0.2) is 0 Å². The molecule has 1 aliphatic rings. The third-order valence-corrected chi connectivity index (χ3v) is 5.30. The molecule has 3 unspecified atom stereocenters. The molecule has 0 bridgehead atoms. The Balaban J connectivity index is 1.93. The van der Waals surface area contributed by atoms with Crippen LogP contribution in [0.25, 0.3) is 0 Å². The Bertz CT molecular complexity index is 409. The van der Waals surface area contributed by atoms with Crippen molar-refractivity contribution < 1.29 is 0 Å². The molecule has 1 aliphatic carbocycles. The van der Waals surface area contributed by atoms with Gasteiger partial charge in [-0.05, 0) is 43.1 Å². The van der Waals surface area contributed by atoms with E-state index in [1.54, 1.807) is 0 Å². The molecule has 0 heterocycles. The van der Waals surface area contributed by atoms with Crippen molar-refractivity contribution in [2.45, 2.75) is 83.7 Å². The van der Waals surface area contributed by atoms with Gasteiger partial charge in [0.2, 0.25) is 0 Å². The average Bonchev–Trinajstić information content (AvgIpc) is 2.48. The molecule has 0 amide bonds. The van der Waals surface area contributed by atoms with Crippen LogP contribution in [0, 0.1) is 5.92 Å². The summed E-state index contributed by atoms with van der Waals surface area (Å²) in [5.74, 6) is 0.890. The molecule has 0 aromatic heterocycles. The van der Waals surface area contributed by atoms with E-state index in [2.05, 4.69) is 63.3 Å². The highest BCUT2D eigenvalue weighted by atomic mass is 15.0. The molecule has 118 valence electrons. The summed E-state index contributed by atoms with van der Waals surface area (Å²) in [6.07, 6.45) is 8.15. The third-order valence-electron chi connectivity index (χ3n) is 5.30. The van der Waals surface area contributed by atoms with Gasteiger partial charge in [-0.2, -0.15) is 0 Å².